The van der Waals surface area contributed by atoms with E-state index in [2.05, 4.69) is 4.98 Å². The molecule has 5 heteroatoms. The number of rotatable bonds is 5. The Hall–Kier alpha value is -1.55. The molecule has 1 aromatic rings. The highest BCUT2D eigenvalue weighted by atomic mass is 35.5. The van der Waals surface area contributed by atoms with E-state index < -0.39 is 0 Å². The molecule has 1 rings (SSSR count). The fourth-order valence-corrected chi connectivity index (χ4v) is 1.11. The quantitative estimate of drug-likeness (QED) is 0.586. The van der Waals surface area contributed by atoms with Crippen molar-refractivity contribution in [3.63, 3.8) is 0 Å². The highest BCUT2D eigenvalue weighted by molar-refractivity contribution is 6.30. The predicted octanol–water partition coefficient (Wildman–Crippen LogP) is 2.23. The first-order valence-corrected chi connectivity index (χ1v) is 5.17. The summed E-state index contributed by atoms with van der Waals surface area (Å²) in [6.45, 7) is 2.38. The molecule has 16 heavy (non-hydrogen) atoms. The minimum atomic E-state index is -0.379. The summed E-state index contributed by atoms with van der Waals surface area (Å²) >= 11 is 5.71. The van der Waals surface area contributed by atoms with E-state index in [1.807, 2.05) is 0 Å². The smallest absolute Gasteiger partial charge is 0.330 e. The number of carbonyl (C=O) groups is 1. The molecule has 0 radical (unpaired) electrons. The van der Waals surface area contributed by atoms with Gasteiger partial charge in [-0.05, 0) is 13.0 Å². The molecule has 0 aromatic carbocycles. The van der Waals surface area contributed by atoms with Crippen LogP contribution in [0.4, 0.5) is 0 Å². The van der Waals surface area contributed by atoms with Crippen molar-refractivity contribution in [3.8, 4) is 5.75 Å². The van der Waals surface area contributed by atoms with Crippen LogP contribution in [0.3, 0.4) is 0 Å². The Morgan fingerprint density at radius 2 is 2.38 bits per heavy atom. The zero-order valence-electron chi connectivity index (χ0n) is 8.85. The number of hydrogen-bond acceptors (Lipinski definition) is 4. The molecule has 1 heterocycles. The van der Waals surface area contributed by atoms with Crippen LogP contribution in [0.5, 0.6) is 5.75 Å². The Morgan fingerprint density at radius 1 is 1.56 bits per heavy atom. The third-order valence-corrected chi connectivity index (χ3v) is 1.77. The van der Waals surface area contributed by atoms with Crippen LogP contribution in [0.15, 0.2) is 30.6 Å². The molecular formula is C11H12ClNO3. The predicted molar refractivity (Wildman–Crippen MR) is 60.5 cm³/mol. The number of ether oxygens (including phenoxy) is 2. The summed E-state index contributed by atoms with van der Waals surface area (Å²) in [4.78, 5) is 14.8. The van der Waals surface area contributed by atoms with E-state index in [1.165, 1.54) is 12.3 Å². The summed E-state index contributed by atoms with van der Waals surface area (Å²) in [6, 6.07) is 1.65. The monoisotopic (exact) mass is 241 g/mol. The van der Waals surface area contributed by atoms with Crippen LogP contribution in [-0.2, 0) is 9.53 Å². The number of pyridine rings is 1. The van der Waals surface area contributed by atoms with Crippen molar-refractivity contribution in [2.24, 2.45) is 0 Å². The molecule has 0 aliphatic heterocycles. The fourth-order valence-electron chi connectivity index (χ4n) is 0.950. The van der Waals surface area contributed by atoms with E-state index in [0.29, 0.717) is 17.4 Å². The molecule has 0 saturated heterocycles. The van der Waals surface area contributed by atoms with Crippen LogP contribution >= 0.6 is 11.6 Å². The molecule has 0 spiro atoms. The van der Waals surface area contributed by atoms with Gasteiger partial charge in [0, 0.05) is 18.3 Å². The summed E-state index contributed by atoms with van der Waals surface area (Å²) in [5, 5.41) is 0.506. The number of esters is 1. The number of carbonyl (C=O) groups excluding carboxylic acids is 1. The summed E-state index contributed by atoms with van der Waals surface area (Å²) in [6.07, 6.45) is 5.95. The number of nitrogens with zero attached hydrogens (tertiary/aromatic N) is 1. The van der Waals surface area contributed by atoms with Gasteiger partial charge in [0.2, 0.25) is 0 Å². The van der Waals surface area contributed by atoms with Gasteiger partial charge in [-0.25, -0.2) is 4.79 Å². The van der Waals surface area contributed by atoms with Gasteiger partial charge >= 0.3 is 5.97 Å². The maximum atomic E-state index is 10.9. The summed E-state index contributed by atoms with van der Waals surface area (Å²) in [7, 11) is 0. The van der Waals surface area contributed by atoms with Gasteiger partial charge in [0.1, 0.15) is 12.4 Å². The van der Waals surface area contributed by atoms with E-state index in [9.17, 15) is 4.79 Å². The van der Waals surface area contributed by atoms with Gasteiger partial charge in [-0.15, -0.1) is 0 Å². The van der Waals surface area contributed by atoms with Gasteiger partial charge in [0.05, 0.1) is 17.8 Å². The maximum Gasteiger partial charge on any atom is 0.330 e. The lowest BCUT2D eigenvalue weighted by Crippen LogP contribution is -2.01. The van der Waals surface area contributed by atoms with Crippen molar-refractivity contribution in [2.75, 3.05) is 13.2 Å². The molecular weight excluding hydrogens is 230 g/mol. The van der Waals surface area contributed by atoms with Crippen molar-refractivity contribution in [1.82, 2.24) is 4.98 Å². The molecule has 0 bridgehead atoms. The largest absolute Gasteiger partial charge is 0.488 e. The van der Waals surface area contributed by atoms with Gasteiger partial charge in [0.15, 0.2) is 0 Å². The van der Waals surface area contributed by atoms with Gasteiger partial charge in [-0.1, -0.05) is 11.6 Å². The number of aromatic nitrogens is 1. The first kappa shape index (κ1) is 12.5. The van der Waals surface area contributed by atoms with Gasteiger partial charge < -0.3 is 9.47 Å². The summed E-state index contributed by atoms with van der Waals surface area (Å²) in [5.74, 6) is 0.177. The highest BCUT2D eigenvalue weighted by Gasteiger charge is 1.95. The lowest BCUT2D eigenvalue weighted by atomic mass is 10.4. The molecule has 0 saturated carbocycles. The standard InChI is InChI=1S/C11H12ClNO3/c1-2-15-11(14)4-3-5-16-10-6-9(12)7-13-8-10/h3-4,6-8H,2,5H2,1H3/b4-3+. The van der Waals surface area contributed by atoms with Crippen molar-refractivity contribution in [2.45, 2.75) is 6.92 Å². The lowest BCUT2D eigenvalue weighted by molar-refractivity contribution is -0.137. The van der Waals surface area contributed by atoms with Crippen LogP contribution in [0.25, 0.3) is 0 Å². The van der Waals surface area contributed by atoms with E-state index in [0.717, 1.165) is 0 Å². The SMILES string of the molecule is CCOC(=O)/C=C/COc1cncc(Cl)c1. The number of halogens is 1. The Labute approximate surface area is 98.8 Å². The van der Waals surface area contributed by atoms with E-state index in [4.69, 9.17) is 21.1 Å². The average Bonchev–Trinajstić information content (AvgIpc) is 2.25. The number of hydrogen-bond donors (Lipinski definition) is 0. The normalized spacial score (nSPS) is 10.4. The molecule has 1 aromatic heterocycles. The second-order valence-electron chi connectivity index (χ2n) is 2.80. The van der Waals surface area contributed by atoms with Crippen LogP contribution in [0.1, 0.15) is 6.92 Å². The van der Waals surface area contributed by atoms with Crippen LogP contribution in [0.2, 0.25) is 5.02 Å². The minimum absolute atomic E-state index is 0.265. The first-order chi connectivity index (χ1) is 7.72. The molecule has 0 fully saturated rings. The third kappa shape index (κ3) is 4.79. The Bertz CT molecular complexity index is 379. The molecule has 0 N–H and O–H groups in total. The van der Waals surface area contributed by atoms with Crippen molar-refractivity contribution < 1.29 is 14.3 Å². The molecule has 0 unspecified atom stereocenters. The highest BCUT2D eigenvalue weighted by Crippen LogP contribution is 2.14. The Kier molecular flexibility index (Phi) is 5.36. The fraction of sp³-hybridized carbons (Fsp3) is 0.273. The van der Waals surface area contributed by atoms with Crippen molar-refractivity contribution in [3.05, 3.63) is 35.6 Å². The van der Waals surface area contributed by atoms with Gasteiger partial charge in [0.25, 0.3) is 0 Å². The zero-order chi connectivity index (χ0) is 11.8. The minimum Gasteiger partial charge on any atom is -0.488 e. The molecule has 4 nitrogen and oxygen atoms in total. The topological polar surface area (TPSA) is 48.4 Å². The average molecular weight is 242 g/mol. The van der Waals surface area contributed by atoms with Gasteiger partial charge in [-0.2, -0.15) is 0 Å². The van der Waals surface area contributed by atoms with Crippen LogP contribution < -0.4 is 4.74 Å². The summed E-state index contributed by atoms with van der Waals surface area (Å²) < 4.78 is 9.97. The molecule has 86 valence electrons. The Morgan fingerprint density at radius 3 is 3.06 bits per heavy atom. The Balaban J connectivity index is 2.33. The van der Waals surface area contributed by atoms with Crippen LogP contribution in [0, 0.1) is 0 Å². The molecule has 0 amide bonds. The first-order valence-electron chi connectivity index (χ1n) is 4.79. The van der Waals surface area contributed by atoms with Crippen molar-refractivity contribution >= 4 is 17.6 Å². The maximum absolute atomic E-state index is 10.9. The van der Waals surface area contributed by atoms with Crippen molar-refractivity contribution in [1.29, 1.82) is 0 Å². The summed E-state index contributed by atoms with van der Waals surface area (Å²) in [5.41, 5.74) is 0. The van der Waals surface area contributed by atoms with E-state index in [1.54, 1.807) is 25.3 Å². The third-order valence-electron chi connectivity index (χ3n) is 1.57. The van der Waals surface area contributed by atoms with E-state index >= 15 is 0 Å². The molecule has 0 aliphatic rings. The zero-order valence-corrected chi connectivity index (χ0v) is 9.61. The van der Waals surface area contributed by atoms with E-state index in [-0.39, 0.29) is 12.6 Å². The van der Waals surface area contributed by atoms with Gasteiger partial charge in [-0.3, -0.25) is 4.98 Å². The second-order valence-corrected chi connectivity index (χ2v) is 3.24. The lowest BCUT2D eigenvalue weighted by Gasteiger charge is -2.01. The molecule has 0 aliphatic carbocycles. The second kappa shape index (κ2) is 6.85. The van der Waals surface area contributed by atoms with Crippen LogP contribution in [-0.4, -0.2) is 24.2 Å². The molecule has 0 atom stereocenters.